The van der Waals surface area contributed by atoms with E-state index in [9.17, 15) is 0 Å². The average molecular weight is 342 g/mol. The zero-order valence-electron chi connectivity index (χ0n) is 13.6. The molecule has 2 N–H and O–H groups in total. The highest BCUT2D eigenvalue weighted by Gasteiger charge is 2.12. The predicted molar refractivity (Wildman–Crippen MR) is 101 cm³/mol. The number of nitrogens with one attached hydrogen (secondary N) is 2. The third-order valence-electron chi connectivity index (χ3n) is 3.95. The molecule has 0 unspecified atom stereocenters. The Hall–Kier alpha value is -3.80. The Balaban J connectivity index is 1.46. The lowest BCUT2D eigenvalue weighted by Gasteiger charge is -1.99. The second-order valence-corrected chi connectivity index (χ2v) is 5.81. The van der Waals surface area contributed by atoms with E-state index in [1.807, 2.05) is 72.8 Å². The van der Waals surface area contributed by atoms with Gasteiger partial charge in [-0.15, -0.1) is 0 Å². The fourth-order valence-corrected chi connectivity index (χ4v) is 2.75. The van der Waals surface area contributed by atoms with Crippen molar-refractivity contribution in [3.63, 3.8) is 0 Å². The highest BCUT2D eigenvalue weighted by molar-refractivity contribution is 5.90. The molecule has 0 radical (unpaired) electrons. The standard InChI is InChI=1S/C20H14N4O2/c1-3-7-13(8-4-1)21-19-23-15-11-18-16(12-17(15)25-19)24-20(26-18)22-14-9-5-2-6-10-14/h1-12H,(H,21,23)(H,22,24). The molecule has 2 aromatic heterocycles. The minimum absolute atomic E-state index is 0.432. The fourth-order valence-electron chi connectivity index (χ4n) is 2.75. The lowest BCUT2D eigenvalue weighted by atomic mass is 10.3. The summed E-state index contributed by atoms with van der Waals surface area (Å²) >= 11 is 0. The molecule has 2 heterocycles. The number of fused-ring (bicyclic) bond motifs is 2. The number of rotatable bonds is 4. The molecule has 5 aromatic rings. The van der Waals surface area contributed by atoms with Crippen LogP contribution in [0.4, 0.5) is 23.4 Å². The van der Waals surface area contributed by atoms with Gasteiger partial charge < -0.3 is 19.5 Å². The average Bonchev–Trinajstić information content (AvgIpc) is 3.22. The lowest BCUT2D eigenvalue weighted by Crippen LogP contribution is -1.88. The molecule has 126 valence electrons. The summed E-state index contributed by atoms with van der Waals surface area (Å²) in [5, 5.41) is 6.29. The molecule has 0 saturated carbocycles. The Morgan fingerprint density at radius 2 is 1.00 bits per heavy atom. The normalized spacial score (nSPS) is 11.1. The van der Waals surface area contributed by atoms with Gasteiger partial charge in [-0.05, 0) is 24.3 Å². The topological polar surface area (TPSA) is 76.1 Å². The van der Waals surface area contributed by atoms with Crippen molar-refractivity contribution in [3.8, 4) is 0 Å². The summed E-state index contributed by atoms with van der Waals surface area (Å²) in [6, 6.07) is 24.0. The van der Waals surface area contributed by atoms with Crippen molar-refractivity contribution in [3.05, 3.63) is 72.8 Å². The summed E-state index contributed by atoms with van der Waals surface area (Å²) in [4.78, 5) is 8.93. The summed E-state index contributed by atoms with van der Waals surface area (Å²) in [7, 11) is 0. The van der Waals surface area contributed by atoms with Gasteiger partial charge in [-0.25, -0.2) is 0 Å². The van der Waals surface area contributed by atoms with Crippen molar-refractivity contribution in [2.24, 2.45) is 0 Å². The SMILES string of the molecule is c1ccc(Nc2nc3cc4oc(Nc5ccccc5)nc4cc3o2)cc1. The highest BCUT2D eigenvalue weighted by atomic mass is 16.4. The van der Waals surface area contributed by atoms with Crippen LogP contribution >= 0.6 is 0 Å². The lowest BCUT2D eigenvalue weighted by molar-refractivity contribution is 0.621. The number of anilines is 4. The molecule has 0 atom stereocenters. The third-order valence-corrected chi connectivity index (χ3v) is 3.95. The van der Waals surface area contributed by atoms with E-state index in [1.54, 1.807) is 0 Å². The van der Waals surface area contributed by atoms with Crippen molar-refractivity contribution < 1.29 is 8.83 Å². The minimum Gasteiger partial charge on any atom is -0.423 e. The van der Waals surface area contributed by atoms with Gasteiger partial charge in [0.15, 0.2) is 11.2 Å². The van der Waals surface area contributed by atoms with Gasteiger partial charge in [-0.2, -0.15) is 9.97 Å². The summed E-state index contributed by atoms with van der Waals surface area (Å²) in [5.41, 5.74) is 4.54. The maximum Gasteiger partial charge on any atom is 0.300 e. The first kappa shape index (κ1) is 14.5. The zero-order chi connectivity index (χ0) is 17.3. The number of hydrogen-bond donors (Lipinski definition) is 2. The monoisotopic (exact) mass is 342 g/mol. The molecular weight excluding hydrogens is 328 g/mol. The first-order chi connectivity index (χ1) is 12.8. The van der Waals surface area contributed by atoms with E-state index in [0.717, 1.165) is 11.4 Å². The molecule has 0 amide bonds. The van der Waals surface area contributed by atoms with Crippen molar-refractivity contribution >= 4 is 45.6 Å². The van der Waals surface area contributed by atoms with Crippen LogP contribution in [0.3, 0.4) is 0 Å². The number of benzene rings is 3. The van der Waals surface area contributed by atoms with E-state index < -0.39 is 0 Å². The smallest absolute Gasteiger partial charge is 0.300 e. The van der Waals surface area contributed by atoms with E-state index in [0.29, 0.717) is 34.2 Å². The van der Waals surface area contributed by atoms with Crippen LogP contribution in [0, 0.1) is 0 Å². The van der Waals surface area contributed by atoms with Crippen LogP contribution in [-0.4, -0.2) is 9.97 Å². The maximum atomic E-state index is 5.78. The molecule has 0 aliphatic carbocycles. The summed E-state index contributed by atoms with van der Waals surface area (Å²) in [6.07, 6.45) is 0. The van der Waals surface area contributed by atoms with E-state index in [-0.39, 0.29) is 0 Å². The van der Waals surface area contributed by atoms with Gasteiger partial charge in [0.1, 0.15) is 11.0 Å². The molecule has 5 rings (SSSR count). The number of nitrogens with zero attached hydrogens (tertiary/aromatic N) is 2. The molecule has 26 heavy (non-hydrogen) atoms. The molecule has 0 aliphatic heterocycles. The van der Waals surface area contributed by atoms with E-state index in [4.69, 9.17) is 8.83 Å². The predicted octanol–water partition coefficient (Wildman–Crippen LogP) is 5.46. The van der Waals surface area contributed by atoms with Gasteiger partial charge in [-0.3, -0.25) is 0 Å². The first-order valence-corrected chi connectivity index (χ1v) is 8.19. The van der Waals surface area contributed by atoms with Crippen LogP contribution in [0.2, 0.25) is 0 Å². The Labute approximate surface area is 148 Å². The zero-order valence-corrected chi connectivity index (χ0v) is 13.6. The fraction of sp³-hybridized carbons (Fsp3) is 0. The molecule has 0 saturated heterocycles. The second kappa shape index (κ2) is 5.93. The Kier molecular flexibility index (Phi) is 3.31. The van der Waals surface area contributed by atoms with Gasteiger partial charge in [0, 0.05) is 23.5 Å². The largest absolute Gasteiger partial charge is 0.423 e. The van der Waals surface area contributed by atoms with Crippen molar-refractivity contribution in [2.75, 3.05) is 10.6 Å². The van der Waals surface area contributed by atoms with E-state index >= 15 is 0 Å². The Morgan fingerprint density at radius 1 is 0.577 bits per heavy atom. The van der Waals surface area contributed by atoms with Crippen LogP contribution in [0.15, 0.2) is 81.6 Å². The quantitative estimate of drug-likeness (QED) is 0.452. The molecule has 0 aliphatic rings. The van der Waals surface area contributed by atoms with Gasteiger partial charge in [0.25, 0.3) is 12.0 Å². The Morgan fingerprint density at radius 3 is 1.42 bits per heavy atom. The van der Waals surface area contributed by atoms with Crippen LogP contribution in [-0.2, 0) is 0 Å². The van der Waals surface area contributed by atoms with E-state index in [1.165, 1.54) is 0 Å². The molecule has 6 nitrogen and oxygen atoms in total. The van der Waals surface area contributed by atoms with Crippen LogP contribution in [0.25, 0.3) is 22.2 Å². The highest BCUT2D eigenvalue weighted by Crippen LogP contribution is 2.29. The minimum atomic E-state index is 0.432. The molecular formula is C20H14N4O2. The maximum absolute atomic E-state index is 5.78. The molecule has 6 heteroatoms. The Bertz CT molecular complexity index is 1040. The summed E-state index contributed by atoms with van der Waals surface area (Å²) < 4.78 is 11.6. The second-order valence-electron chi connectivity index (χ2n) is 5.81. The molecule has 3 aromatic carbocycles. The van der Waals surface area contributed by atoms with Crippen molar-refractivity contribution in [2.45, 2.75) is 0 Å². The van der Waals surface area contributed by atoms with Crippen LogP contribution in [0.5, 0.6) is 0 Å². The molecule has 0 bridgehead atoms. The van der Waals surface area contributed by atoms with Gasteiger partial charge >= 0.3 is 0 Å². The number of aromatic nitrogens is 2. The number of hydrogen-bond acceptors (Lipinski definition) is 6. The molecule has 0 spiro atoms. The molecule has 0 fully saturated rings. The van der Waals surface area contributed by atoms with Gasteiger partial charge in [-0.1, -0.05) is 36.4 Å². The summed E-state index contributed by atoms with van der Waals surface area (Å²) in [5.74, 6) is 0. The number of para-hydroxylation sites is 2. The van der Waals surface area contributed by atoms with Crippen LogP contribution < -0.4 is 10.6 Å². The van der Waals surface area contributed by atoms with Crippen molar-refractivity contribution in [1.82, 2.24) is 9.97 Å². The summed E-state index contributed by atoms with van der Waals surface area (Å²) in [6.45, 7) is 0. The van der Waals surface area contributed by atoms with E-state index in [2.05, 4.69) is 20.6 Å². The van der Waals surface area contributed by atoms with Crippen molar-refractivity contribution in [1.29, 1.82) is 0 Å². The third kappa shape index (κ3) is 2.73. The van der Waals surface area contributed by atoms with Gasteiger partial charge in [0.2, 0.25) is 0 Å². The van der Waals surface area contributed by atoms with Gasteiger partial charge in [0.05, 0.1) is 0 Å². The first-order valence-electron chi connectivity index (χ1n) is 8.19. The number of oxazole rings is 2. The van der Waals surface area contributed by atoms with Crippen LogP contribution in [0.1, 0.15) is 0 Å².